The number of amidine groups is 1. The summed E-state index contributed by atoms with van der Waals surface area (Å²) in [5.41, 5.74) is 12.4. The lowest BCUT2D eigenvalue weighted by Crippen LogP contribution is -2.37. The van der Waals surface area contributed by atoms with Gasteiger partial charge in [0.2, 0.25) is 0 Å². The third-order valence-corrected chi connectivity index (χ3v) is 4.85. The summed E-state index contributed by atoms with van der Waals surface area (Å²) in [6, 6.07) is 4.06. The van der Waals surface area contributed by atoms with Crippen molar-refractivity contribution >= 4 is 17.2 Å². The first-order chi connectivity index (χ1) is 11.7. The van der Waals surface area contributed by atoms with Crippen LogP contribution in [0.2, 0.25) is 0 Å². The van der Waals surface area contributed by atoms with Crippen LogP contribution >= 0.6 is 0 Å². The van der Waals surface area contributed by atoms with Crippen molar-refractivity contribution in [2.24, 2.45) is 16.6 Å². The van der Waals surface area contributed by atoms with Crippen molar-refractivity contribution in [3.63, 3.8) is 0 Å². The average molecular weight is 332 g/mol. The minimum absolute atomic E-state index is 0.616. The summed E-state index contributed by atoms with van der Waals surface area (Å²) < 4.78 is 5.36. The summed E-state index contributed by atoms with van der Waals surface area (Å²) in [7, 11) is 0. The first-order valence-electron chi connectivity index (χ1n) is 8.84. The highest BCUT2D eigenvalue weighted by atomic mass is 16.5. The molecule has 0 amide bonds. The van der Waals surface area contributed by atoms with E-state index in [0.717, 1.165) is 64.2 Å². The van der Waals surface area contributed by atoms with E-state index in [4.69, 9.17) is 10.5 Å². The molecule has 1 unspecified atom stereocenters. The lowest BCUT2D eigenvalue weighted by molar-refractivity contribution is 0.0376. The summed E-state index contributed by atoms with van der Waals surface area (Å²) in [5, 5.41) is 9.40. The molecule has 24 heavy (non-hydrogen) atoms. The van der Waals surface area contributed by atoms with Crippen LogP contribution in [-0.2, 0) is 17.6 Å². The van der Waals surface area contributed by atoms with E-state index in [-0.39, 0.29) is 0 Å². The number of aliphatic imine (C=N–C) groups is 1. The number of anilines is 1. The van der Waals surface area contributed by atoms with Crippen molar-refractivity contribution in [2.45, 2.75) is 32.6 Å². The third-order valence-electron chi connectivity index (χ3n) is 4.85. The van der Waals surface area contributed by atoms with Gasteiger partial charge in [0.25, 0.3) is 0 Å². The molecule has 1 aromatic carbocycles. The Bertz CT molecular complexity index is 597. The van der Waals surface area contributed by atoms with Crippen LogP contribution in [0.5, 0.6) is 0 Å². The average Bonchev–Trinajstić information content (AvgIpc) is 2.94. The molecular formula is C18H28N4O2. The number of hydrogen-bond donors (Lipinski definition) is 3. The van der Waals surface area contributed by atoms with Gasteiger partial charge in [-0.1, -0.05) is 6.92 Å². The van der Waals surface area contributed by atoms with Gasteiger partial charge in [-0.3, -0.25) is 15.6 Å². The molecule has 4 N–H and O–H groups in total. The van der Waals surface area contributed by atoms with Gasteiger partial charge in [-0.25, -0.2) is 4.99 Å². The second-order valence-corrected chi connectivity index (χ2v) is 6.92. The highest BCUT2D eigenvalue weighted by Crippen LogP contribution is 2.35. The fourth-order valence-electron chi connectivity index (χ4n) is 3.58. The molecule has 0 saturated carbocycles. The lowest BCUT2D eigenvalue weighted by Gasteiger charge is -2.26. The molecule has 0 bridgehead atoms. The maximum atomic E-state index is 9.40. The number of rotatable bonds is 6. The Morgan fingerprint density at radius 1 is 1.33 bits per heavy atom. The Kier molecular flexibility index (Phi) is 5.71. The van der Waals surface area contributed by atoms with Gasteiger partial charge in [0.05, 0.1) is 30.4 Å². The number of nitrogens with one attached hydrogen (secondary N) is 1. The maximum Gasteiger partial charge on any atom is 0.0997 e. The van der Waals surface area contributed by atoms with Gasteiger partial charge in [0.1, 0.15) is 0 Å². The smallest absolute Gasteiger partial charge is 0.0997 e. The molecular weight excluding hydrogens is 304 g/mol. The highest BCUT2D eigenvalue weighted by molar-refractivity contribution is 5.85. The molecule has 1 aromatic rings. The molecule has 0 radical (unpaired) electrons. The van der Waals surface area contributed by atoms with E-state index >= 15 is 0 Å². The molecule has 2 aliphatic rings. The Morgan fingerprint density at radius 2 is 2.04 bits per heavy atom. The summed E-state index contributed by atoms with van der Waals surface area (Å²) in [4.78, 5) is 6.94. The standard InChI is InChI=1S/C18H28N4O2/c1-13-9-14-11-16(17(21-23)12-15(14)10-13)20-18(19)3-2-4-22-5-7-24-8-6-22/h11-13,21,23H,2-10H2,1H3,(H2,19,20). The largest absolute Gasteiger partial charge is 0.387 e. The van der Waals surface area contributed by atoms with Crippen LogP contribution < -0.4 is 11.2 Å². The third kappa shape index (κ3) is 4.26. The molecule has 1 aliphatic carbocycles. The van der Waals surface area contributed by atoms with E-state index in [0.29, 0.717) is 17.4 Å². The Balaban J connectivity index is 1.61. The molecule has 132 valence electrons. The topological polar surface area (TPSA) is 83.1 Å². The van der Waals surface area contributed by atoms with E-state index in [1.165, 1.54) is 11.1 Å². The quantitative estimate of drug-likeness (QED) is 0.423. The van der Waals surface area contributed by atoms with Crippen LogP contribution in [0.4, 0.5) is 11.4 Å². The van der Waals surface area contributed by atoms with Gasteiger partial charge < -0.3 is 10.5 Å². The molecule has 1 fully saturated rings. The summed E-state index contributed by atoms with van der Waals surface area (Å²) in [5.74, 6) is 1.27. The van der Waals surface area contributed by atoms with Crippen LogP contribution in [0.3, 0.4) is 0 Å². The van der Waals surface area contributed by atoms with E-state index < -0.39 is 0 Å². The van der Waals surface area contributed by atoms with Crippen molar-refractivity contribution in [3.8, 4) is 0 Å². The Hall–Kier alpha value is -1.63. The van der Waals surface area contributed by atoms with Crippen LogP contribution in [0, 0.1) is 5.92 Å². The zero-order valence-corrected chi connectivity index (χ0v) is 14.4. The lowest BCUT2D eigenvalue weighted by atomic mass is 10.1. The molecule has 0 spiro atoms. The zero-order valence-electron chi connectivity index (χ0n) is 14.4. The predicted molar refractivity (Wildman–Crippen MR) is 96.2 cm³/mol. The number of morpholine rings is 1. The minimum Gasteiger partial charge on any atom is -0.387 e. The first kappa shape index (κ1) is 17.2. The zero-order chi connectivity index (χ0) is 16.9. The molecule has 1 saturated heterocycles. The summed E-state index contributed by atoms with van der Waals surface area (Å²) in [6.07, 6.45) is 3.87. The van der Waals surface area contributed by atoms with Crippen LogP contribution in [0.1, 0.15) is 30.9 Å². The van der Waals surface area contributed by atoms with Gasteiger partial charge in [0, 0.05) is 19.5 Å². The van der Waals surface area contributed by atoms with Crippen LogP contribution in [-0.4, -0.2) is 48.8 Å². The van der Waals surface area contributed by atoms with Gasteiger partial charge in [-0.2, -0.15) is 0 Å². The summed E-state index contributed by atoms with van der Waals surface area (Å²) >= 11 is 0. The molecule has 0 aromatic heterocycles. The normalized spacial score (nSPS) is 21.8. The Labute approximate surface area is 143 Å². The molecule has 1 heterocycles. The first-order valence-corrected chi connectivity index (χ1v) is 8.84. The van der Waals surface area contributed by atoms with Gasteiger partial charge >= 0.3 is 0 Å². The fourth-order valence-corrected chi connectivity index (χ4v) is 3.58. The SMILES string of the molecule is CC1Cc2cc(N=C(N)CCCN3CCOCC3)c(NO)cc2C1. The predicted octanol–water partition coefficient (Wildman–Crippen LogP) is 2.32. The number of benzene rings is 1. The van der Waals surface area contributed by atoms with Crippen molar-refractivity contribution in [1.29, 1.82) is 0 Å². The fraction of sp³-hybridized carbons (Fsp3) is 0.611. The maximum absolute atomic E-state index is 9.40. The van der Waals surface area contributed by atoms with Gasteiger partial charge in [-0.15, -0.1) is 0 Å². The van der Waals surface area contributed by atoms with Crippen LogP contribution in [0.15, 0.2) is 17.1 Å². The van der Waals surface area contributed by atoms with Crippen molar-refractivity contribution in [2.75, 3.05) is 38.3 Å². The van der Waals surface area contributed by atoms with Crippen molar-refractivity contribution < 1.29 is 9.94 Å². The number of nitrogens with zero attached hydrogens (tertiary/aromatic N) is 2. The monoisotopic (exact) mass is 332 g/mol. The second kappa shape index (κ2) is 7.96. The number of hydrogen-bond acceptors (Lipinski definition) is 5. The van der Waals surface area contributed by atoms with Crippen LogP contribution in [0.25, 0.3) is 0 Å². The van der Waals surface area contributed by atoms with Gasteiger partial charge in [-0.05, 0) is 55.0 Å². The van der Waals surface area contributed by atoms with E-state index in [1.54, 1.807) is 0 Å². The molecule has 3 rings (SSSR count). The minimum atomic E-state index is 0.616. The molecule has 6 heteroatoms. The number of ether oxygens (including phenoxy) is 1. The number of nitrogens with two attached hydrogens (primary N) is 1. The van der Waals surface area contributed by atoms with E-state index in [9.17, 15) is 5.21 Å². The molecule has 1 aliphatic heterocycles. The van der Waals surface area contributed by atoms with Crippen molar-refractivity contribution in [3.05, 3.63) is 23.3 Å². The van der Waals surface area contributed by atoms with E-state index in [2.05, 4.69) is 28.4 Å². The van der Waals surface area contributed by atoms with Gasteiger partial charge in [0.15, 0.2) is 0 Å². The molecule has 6 nitrogen and oxygen atoms in total. The number of fused-ring (bicyclic) bond motifs is 1. The Morgan fingerprint density at radius 3 is 2.75 bits per heavy atom. The van der Waals surface area contributed by atoms with E-state index in [1.807, 2.05) is 6.07 Å². The molecule has 1 atom stereocenters. The summed E-state index contributed by atoms with van der Waals surface area (Å²) in [6.45, 7) is 6.91. The second-order valence-electron chi connectivity index (χ2n) is 6.92. The van der Waals surface area contributed by atoms with Crippen molar-refractivity contribution in [1.82, 2.24) is 4.90 Å². The highest BCUT2D eigenvalue weighted by Gasteiger charge is 2.20.